The molecule has 0 spiro atoms. The van der Waals surface area contributed by atoms with Crippen LogP contribution in [0.5, 0.6) is 0 Å². The van der Waals surface area contributed by atoms with Gasteiger partial charge in [-0.1, -0.05) is 37.4 Å². The van der Waals surface area contributed by atoms with E-state index in [0.717, 1.165) is 44.4 Å². The Kier molecular flexibility index (Phi) is 14.0. The van der Waals surface area contributed by atoms with E-state index in [9.17, 15) is 61.5 Å². The Labute approximate surface area is 410 Å². The summed E-state index contributed by atoms with van der Waals surface area (Å²) in [5, 5.41) is 8.89. The van der Waals surface area contributed by atoms with Crippen LogP contribution in [0.25, 0.3) is 22.0 Å². The summed E-state index contributed by atoms with van der Waals surface area (Å²) in [6.45, 7) is 1.39. The topological polar surface area (TPSA) is 192 Å². The van der Waals surface area contributed by atoms with Crippen LogP contribution in [-0.4, -0.2) is 82.7 Å². The lowest BCUT2D eigenvalue weighted by molar-refractivity contribution is -0.143. The molecule has 2 aliphatic carbocycles. The molecule has 7 rings (SSSR count). The predicted molar refractivity (Wildman–Crippen MR) is 243 cm³/mol. The number of pyridine rings is 1. The standard InChI is InChI=1S/C45H43ClF10N8O6S2/c1-21-22(2)44(52,53)39-34(21)38(45(54,55)56)60-62(39)19-33(65)59-32(15-23-13-25(47)18-26(48)14-23)36-29(8-7-28(58-36)11-12-42(3,4)71(5,67)68)30-9-10-31(46)35-37(30)63(20-43(49,50)51)61-40(35)64(72(6,69)70)41(66)24-16-27(57)17-24/h7-10,13-14,18,21-22,24,27,32H,15-17,19-20,57H2,1-6H3,(H,59,65)/t21-,22+,24-,27-,32-/m0/s1. The van der Waals surface area contributed by atoms with Gasteiger partial charge in [-0.3, -0.25) is 19.0 Å². The highest BCUT2D eigenvalue weighted by molar-refractivity contribution is 7.93. The maximum absolute atomic E-state index is 15.8. The van der Waals surface area contributed by atoms with Crippen LogP contribution in [0, 0.1) is 35.3 Å². The molecule has 2 amide bonds. The molecule has 5 aromatic rings. The van der Waals surface area contributed by atoms with Crippen molar-refractivity contribution in [1.29, 1.82) is 0 Å². The van der Waals surface area contributed by atoms with Crippen molar-refractivity contribution in [2.24, 2.45) is 17.6 Å². The summed E-state index contributed by atoms with van der Waals surface area (Å²) in [6, 6.07) is 4.42. The first-order chi connectivity index (χ1) is 33.0. The first kappa shape index (κ1) is 54.0. The van der Waals surface area contributed by atoms with E-state index in [-0.39, 0.29) is 44.2 Å². The zero-order chi connectivity index (χ0) is 53.6. The fourth-order valence-corrected chi connectivity index (χ4v) is 10.0. The molecule has 388 valence electrons. The van der Waals surface area contributed by atoms with Gasteiger partial charge in [0.1, 0.15) is 40.9 Å². The Balaban J connectivity index is 1.50. The molecule has 0 bridgehead atoms. The Morgan fingerprint density at radius 2 is 1.56 bits per heavy atom. The van der Waals surface area contributed by atoms with Gasteiger partial charge in [0.15, 0.2) is 21.3 Å². The number of hydrogen-bond acceptors (Lipinski definition) is 10. The zero-order valence-corrected chi connectivity index (χ0v) is 41.0. The highest BCUT2D eigenvalue weighted by atomic mass is 35.5. The molecule has 2 aliphatic rings. The van der Waals surface area contributed by atoms with E-state index in [1.54, 1.807) is 0 Å². The van der Waals surface area contributed by atoms with Gasteiger partial charge in [0.05, 0.1) is 33.9 Å². The number of carbonyl (C=O) groups excluding carboxylic acids is 2. The molecule has 0 radical (unpaired) electrons. The Bertz CT molecular complexity index is 3300. The number of hydrogen-bond donors (Lipinski definition) is 2. The SMILES string of the molecule is C[C@@H]1c2c(C(F)(F)F)nn(CC(=O)N[C@@H](Cc3cc(F)cc(F)c3)c3nc(C#CC(C)(C)S(C)(=O)=O)ccc3-c3ccc(Cl)c4c(N(C(=O)[C@H]5C[C@H](N)C5)S(C)(=O)=O)nn(CC(F)(F)F)c34)c2C(F)(F)[C@@H]1C. The number of aromatic nitrogens is 5. The van der Waals surface area contributed by atoms with Crippen molar-refractivity contribution in [3.05, 3.63) is 93.0 Å². The largest absolute Gasteiger partial charge is 0.435 e. The number of halogens is 11. The van der Waals surface area contributed by atoms with E-state index in [4.69, 9.17) is 17.3 Å². The third-order valence-corrected chi connectivity index (χ3v) is 16.0. The second-order valence-electron chi connectivity index (χ2n) is 18.4. The van der Waals surface area contributed by atoms with Gasteiger partial charge >= 0.3 is 12.4 Å². The number of amides is 2. The second kappa shape index (κ2) is 18.6. The van der Waals surface area contributed by atoms with Crippen molar-refractivity contribution < 1.29 is 70.3 Å². The number of benzene rings is 2. The minimum absolute atomic E-state index is 0.0199. The number of alkyl halides is 8. The smallest absolute Gasteiger partial charge is 0.346 e. The molecule has 72 heavy (non-hydrogen) atoms. The summed E-state index contributed by atoms with van der Waals surface area (Å²) in [6.07, 6.45) is -9.53. The van der Waals surface area contributed by atoms with E-state index >= 15 is 8.78 Å². The molecule has 3 heterocycles. The number of sulfone groups is 1. The Hall–Kier alpha value is -5.78. The monoisotopic (exact) mass is 1080 g/mol. The third-order valence-electron chi connectivity index (χ3n) is 12.7. The molecule has 14 nitrogen and oxygen atoms in total. The molecule has 1 fully saturated rings. The quantitative estimate of drug-likeness (QED) is 0.0916. The summed E-state index contributed by atoms with van der Waals surface area (Å²) in [5.74, 6) is -8.42. The second-order valence-corrected chi connectivity index (χ2v) is 23.2. The summed E-state index contributed by atoms with van der Waals surface area (Å²) in [5.41, 5.74) is -0.0211. The van der Waals surface area contributed by atoms with Crippen molar-refractivity contribution in [1.82, 2.24) is 29.9 Å². The summed E-state index contributed by atoms with van der Waals surface area (Å²) in [4.78, 5) is 32.6. The van der Waals surface area contributed by atoms with Gasteiger partial charge in [0.25, 0.3) is 5.92 Å². The van der Waals surface area contributed by atoms with Gasteiger partial charge in [-0.15, -0.1) is 0 Å². The van der Waals surface area contributed by atoms with E-state index in [2.05, 4.69) is 32.3 Å². The Morgan fingerprint density at radius 3 is 2.11 bits per heavy atom. The summed E-state index contributed by atoms with van der Waals surface area (Å²) >= 11 is 6.66. The van der Waals surface area contributed by atoms with Crippen molar-refractivity contribution in [2.45, 2.75) is 101 Å². The number of carbonyl (C=O) groups is 2. The lowest BCUT2D eigenvalue weighted by Gasteiger charge is -2.34. The average Bonchev–Trinajstić information content (AvgIpc) is 3.83. The van der Waals surface area contributed by atoms with Crippen LogP contribution in [0.4, 0.5) is 49.7 Å². The van der Waals surface area contributed by atoms with Crippen LogP contribution in [0.2, 0.25) is 5.02 Å². The van der Waals surface area contributed by atoms with Gasteiger partial charge in [0, 0.05) is 46.9 Å². The molecule has 27 heteroatoms. The van der Waals surface area contributed by atoms with Crippen molar-refractivity contribution in [3.63, 3.8) is 0 Å². The number of sulfonamides is 1. The predicted octanol–water partition coefficient (Wildman–Crippen LogP) is 7.96. The van der Waals surface area contributed by atoms with E-state index in [0.29, 0.717) is 17.0 Å². The molecule has 2 aromatic carbocycles. The van der Waals surface area contributed by atoms with Crippen LogP contribution < -0.4 is 15.4 Å². The number of nitrogens with one attached hydrogen (secondary N) is 1. The maximum atomic E-state index is 15.8. The van der Waals surface area contributed by atoms with Crippen LogP contribution >= 0.6 is 11.6 Å². The van der Waals surface area contributed by atoms with Gasteiger partial charge in [-0.25, -0.2) is 30.6 Å². The molecule has 1 saturated carbocycles. The molecular formula is C45H43ClF10N8O6S2. The van der Waals surface area contributed by atoms with Crippen molar-refractivity contribution >= 4 is 60.0 Å². The van der Waals surface area contributed by atoms with Gasteiger partial charge < -0.3 is 11.1 Å². The van der Waals surface area contributed by atoms with Crippen LogP contribution in [0.1, 0.15) is 86.4 Å². The number of nitrogens with zero attached hydrogens (tertiary/aromatic N) is 6. The molecule has 3 aromatic heterocycles. The molecule has 0 aliphatic heterocycles. The lowest BCUT2D eigenvalue weighted by atomic mass is 9.80. The molecular weight excluding hydrogens is 1040 g/mol. The molecule has 0 saturated heterocycles. The number of rotatable bonds is 12. The Morgan fingerprint density at radius 1 is 0.944 bits per heavy atom. The maximum Gasteiger partial charge on any atom is 0.435 e. The summed E-state index contributed by atoms with van der Waals surface area (Å²) in [7, 11) is -8.60. The average molecular weight is 1080 g/mol. The number of nitrogens with two attached hydrogens (primary N) is 1. The zero-order valence-electron chi connectivity index (χ0n) is 38.6. The molecule has 3 N–H and O–H groups in total. The van der Waals surface area contributed by atoms with E-state index < -0.39 is 160 Å². The van der Waals surface area contributed by atoms with Gasteiger partial charge in [-0.05, 0) is 80.8 Å². The van der Waals surface area contributed by atoms with Gasteiger partial charge in [0.2, 0.25) is 21.8 Å². The minimum atomic E-state index is -5.26. The van der Waals surface area contributed by atoms with Crippen LogP contribution in [-0.2, 0) is 61.1 Å². The molecule has 3 atom stereocenters. The normalized spacial score (nSPS) is 19.6. The molecule has 0 unspecified atom stereocenters. The third kappa shape index (κ3) is 10.5. The van der Waals surface area contributed by atoms with Gasteiger partial charge in [-0.2, -0.15) is 49.6 Å². The van der Waals surface area contributed by atoms with Crippen molar-refractivity contribution in [2.75, 3.05) is 16.8 Å². The highest BCUT2D eigenvalue weighted by Crippen LogP contribution is 2.55. The summed E-state index contributed by atoms with van der Waals surface area (Å²) < 4.78 is 199. The van der Waals surface area contributed by atoms with Crippen LogP contribution in [0.15, 0.2) is 42.5 Å². The first-order valence-electron chi connectivity index (χ1n) is 21.6. The fourth-order valence-electron chi connectivity index (χ4n) is 8.62. The highest BCUT2D eigenvalue weighted by Gasteiger charge is 2.57. The van der Waals surface area contributed by atoms with Crippen LogP contribution in [0.3, 0.4) is 0 Å². The van der Waals surface area contributed by atoms with E-state index in [1.165, 1.54) is 26.0 Å². The van der Waals surface area contributed by atoms with Crippen molar-refractivity contribution in [3.8, 4) is 23.0 Å². The fraction of sp³-hybridized carbons (Fsp3) is 0.444. The van der Waals surface area contributed by atoms with E-state index in [1.807, 2.05) is 0 Å². The number of anilines is 1. The number of fused-ring (bicyclic) bond motifs is 2. The minimum Gasteiger partial charge on any atom is -0.346 e. The lowest BCUT2D eigenvalue weighted by Crippen LogP contribution is -2.48. The first-order valence-corrected chi connectivity index (χ1v) is 25.7.